The molecule has 2 amide bonds. The number of H-pyrrole nitrogens is 1. The number of hydrogen-bond donors (Lipinski definition) is 3. The largest absolute Gasteiger partial charge is 0.465 e. The van der Waals surface area contributed by atoms with Gasteiger partial charge in [-0.05, 0) is 24.6 Å². The van der Waals surface area contributed by atoms with Crippen molar-refractivity contribution in [3.05, 3.63) is 34.7 Å². The molecule has 0 aliphatic carbocycles. The number of benzene rings is 1. The highest BCUT2D eigenvalue weighted by molar-refractivity contribution is 6.31. The van der Waals surface area contributed by atoms with Gasteiger partial charge in [0.1, 0.15) is 11.5 Å². The minimum absolute atomic E-state index is 0.229. The number of carbonyl (C=O) groups is 2. The predicted octanol–water partition coefficient (Wildman–Crippen LogP) is 2.44. The standard InChI is InChI=1S/C14H13ClFN3O3/c15-8-3-7-4-11(18-12(7)10(16)5-8)13(20)19-2-1-9(6-19)17-14(21)22/h3-5,9,17-18H,1-2,6H2,(H,21,22). The van der Waals surface area contributed by atoms with Crippen LogP contribution in [0, 0.1) is 5.82 Å². The van der Waals surface area contributed by atoms with E-state index in [9.17, 15) is 14.0 Å². The Morgan fingerprint density at radius 3 is 2.91 bits per heavy atom. The normalized spacial score (nSPS) is 17.9. The molecule has 116 valence electrons. The predicted molar refractivity (Wildman–Crippen MR) is 78.7 cm³/mol. The lowest BCUT2D eigenvalue weighted by Crippen LogP contribution is -2.37. The maximum Gasteiger partial charge on any atom is 0.404 e. The lowest BCUT2D eigenvalue weighted by atomic mass is 10.2. The first kappa shape index (κ1) is 14.6. The van der Waals surface area contributed by atoms with E-state index in [1.807, 2.05) is 0 Å². The molecular formula is C14H13ClFN3O3. The fourth-order valence-electron chi connectivity index (χ4n) is 2.69. The monoisotopic (exact) mass is 325 g/mol. The molecule has 6 nitrogen and oxygen atoms in total. The fourth-order valence-corrected chi connectivity index (χ4v) is 2.90. The summed E-state index contributed by atoms with van der Waals surface area (Å²) >= 11 is 5.79. The second-order valence-corrected chi connectivity index (χ2v) is 5.66. The van der Waals surface area contributed by atoms with Gasteiger partial charge in [0.05, 0.1) is 11.6 Å². The highest BCUT2D eigenvalue weighted by Crippen LogP contribution is 2.24. The summed E-state index contributed by atoms with van der Waals surface area (Å²) in [6, 6.07) is 4.02. The van der Waals surface area contributed by atoms with Crippen LogP contribution < -0.4 is 5.32 Å². The van der Waals surface area contributed by atoms with Gasteiger partial charge in [-0.25, -0.2) is 9.18 Å². The van der Waals surface area contributed by atoms with Gasteiger partial charge in [-0.1, -0.05) is 11.6 Å². The molecule has 1 atom stereocenters. The summed E-state index contributed by atoms with van der Waals surface area (Å²) in [5, 5.41) is 11.8. The number of carboxylic acid groups (broad SMARTS) is 1. The van der Waals surface area contributed by atoms with Crippen molar-refractivity contribution in [2.75, 3.05) is 13.1 Å². The molecule has 8 heteroatoms. The number of halogens is 2. The van der Waals surface area contributed by atoms with Crippen molar-refractivity contribution in [3.8, 4) is 0 Å². The molecule has 0 saturated carbocycles. The zero-order chi connectivity index (χ0) is 15.9. The van der Waals surface area contributed by atoms with E-state index in [-0.39, 0.29) is 28.2 Å². The molecule has 3 N–H and O–H groups in total. The number of hydrogen-bond acceptors (Lipinski definition) is 2. The second-order valence-electron chi connectivity index (χ2n) is 5.22. The van der Waals surface area contributed by atoms with Crippen molar-refractivity contribution in [2.24, 2.45) is 0 Å². The number of fused-ring (bicyclic) bond motifs is 1. The fraction of sp³-hybridized carbons (Fsp3) is 0.286. The average molecular weight is 326 g/mol. The van der Waals surface area contributed by atoms with Crippen molar-refractivity contribution in [3.63, 3.8) is 0 Å². The van der Waals surface area contributed by atoms with Crippen LogP contribution in [0.25, 0.3) is 10.9 Å². The number of rotatable bonds is 2. The minimum Gasteiger partial charge on any atom is -0.465 e. The highest BCUT2D eigenvalue weighted by Gasteiger charge is 2.28. The van der Waals surface area contributed by atoms with Crippen LogP contribution in [0.1, 0.15) is 16.9 Å². The van der Waals surface area contributed by atoms with Gasteiger partial charge in [0.2, 0.25) is 0 Å². The number of nitrogens with one attached hydrogen (secondary N) is 2. The van der Waals surface area contributed by atoms with Gasteiger partial charge in [-0.3, -0.25) is 4.79 Å². The molecule has 2 aromatic rings. The van der Waals surface area contributed by atoms with Crippen molar-refractivity contribution in [1.82, 2.24) is 15.2 Å². The van der Waals surface area contributed by atoms with Crippen molar-refractivity contribution in [1.29, 1.82) is 0 Å². The van der Waals surface area contributed by atoms with Gasteiger partial charge >= 0.3 is 6.09 Å². The summed E-state index contributed by atoms with van der Waals surface area (Å²) < 4.78 is 13.8. The number of aromatic amines is 1. The smallest absolute Gasteiger partial charge is 0.404 e. The van der Waals surface area contributed by atoms with Crippen molar-refractivity contribution in [2.45, 2.75) is 12.5 Å². The SMILES string of the molecule is O=C(O)NC1CCN(C(=O)c2cc3cc(Cl)cc(F)c3[nH]2)C1. The molecule has 3 rings (SSSR count). The Balaban J connectivity index is 1.81. The molecule has 1 aromatic carbocycles. The summed E-state index contributed by atoms with van der Waals surface area (Å²) in [5.74, 6) is -0.810. The molecular weight excluding hydrogens is 313 g/mol. The Labute approximate surface area is 129 Å². The van der Waals surface area contributed by atoms with E-state index in [2.05, 4.69) is 10.3 Å². The van der Waals surface area contributed by atoms with Crippen molar-refractivity contribution < 1.29 is 19.1 Å². The first-order valence-corrected chi connectivity index (χ1v) is 7.08. The van der Waals surface area contributed by atoms with Crippen LogP contribution >= 0.6 is 11.6 Å². The summed E-state index contributed by atoms with van der Waals surface area (Å²) in [6.45, 7) is 0.742. The number of aromatic nitrogens is 1. The van der Waals surface area contributed by atoms with Gasteiger partial charge < -0.3 is 20.3 Å². The van der Waals surface area contributed by atoms with Crippen LogP contribution in [-0.2, 0) is 0 Å². The summed E-state index contributed by atoms with van der Waals surface area (Å²) in [5.41, 5.74) is 0.485. The molecule has 22 heavy (non-hydrogen) atoms. The Hall–Kier alpha value is -2.28. The molecule has 0 spiro atoms. The van der Waals surface area contributed by atoms with E-state index in [4.69, 9.17) is 16.7 Å². The Morgan fingerprint density at radius 1 is 1.41 bits per heavy atom. The quantitative estimate of drug-likeness (QED) is 0.792. The first-order valence-electron chi connectivity index (χ1n) is 6.70. The Bertz CT molecular complexity index is 761. The van der Waals surface area contributed by atoms with E-state index in [0.29, 0.717) is 24.9 Å². The van der Waals surface area contributed by atoms with E-state index in [1.54, 1.807) is 12.1 Å². The van der Waals surface area contributed by atoms with Crippen LogP contribution in [0.2, 0.25) is 5.02 Å². The topological polar surface area (TPSA) is 85.4 Å². The molecule has 0 bridgehead atoms. The molecule has 1 aliphatic heterocycles. The van der Waals surface area contributed by atoms with Gasteiger partial charge in [0.15, 0.2) is 0 Å². The van der Waals surface area contributed by atoms with E-state index in [0.717, 1.165) is 0 Å². The van der Waals surface area contributed by atoms with E-state index in [1.165, 1.54) is 11.0 Å². The lowest BCUT2D eigenvalue weighted by Gasteiger charge is -2.15. The average Bonchev–Trinajstić information content (AvgIpc) is 3.03. The zero-order valence-electron chi connectivity index (χ0n) is 11.4. The molecule has 1 unspecified atom stereocenters. The molecule has 2 heterocycles. The first-order chi connectivity index (χ1) is 10.4. The molecule has 1 saturated heterocycles. The zero-order valence-corrected chi connectivity index (χ0v) is 12.2. The number of likely N-dealkylation sites (tertiary alicyclic amines) is 1. The van der Waals surface area contributed by atoms with Crippen LogP contribution in [0.3, 0.4) is 0 Å². The summed E-state index contributed by atoms with van der Waals surface area (Å²) in [7, 11) is 0. The van der Waals surface area contributed by atoms with Gasteiger partial charge in [0.25, 0.3) is 5.91 Å². The van der Waals surface area contributed by atoms with Crippen LogP contribution in [0.5, 0.6) is 0 Å². The van der Waals surface area contributed by atoms with Crippen LogP contribution in [-0.4, -0.2) is 46.1 Å². The molecule has 1 aliphatic rings. The Morgan fingerprint density at radius 2 is 2.18 bits per heavy atom. The number of amides is 2. The third-order valence-corrected chi connectivity index (χ3v) is 3.90. The molecule has 0 radical (unpaired) electrons. The second kappa shape index (κ2) is 5.49. The minimum atomic E-state index is -1.11. The van der Waals surface area contributed by atoms with E-state index < -0.39 is 11.9 Å². The summed E-state index contributed by atoms with van der Waals surface area (Å²) in [6.07, 6.45) is -0.556. The highest BCUT2D eigenvalue weighted by atomic mass is 35.5. The lowest BCUT2D eigenvalue weighted by molar-refractivity contribution is 0.0783. The molecule has 1 fully saturated rings. The maximum absolute atomic E-state index is 13.8. The van der Waals surface area contributed by atoms with E-state index >= 15 is 0 Å². The number of carbonyl (C=O) groups excluding carboxylic acids is 1. The third-order valence-electron chi connectivity index (χ3n) is 3.68. The molecule has 1 aromatic heterocycles. The van der Waals surface area contributed by atoms with Crippen LogP contribution in [0.4, 0.5) is 9.18 Å². The Kier molecular flexibility index (Phi) is 3.66. The number of nitrogens with zero attached hydrogens (tertiary/aromatic N) is 1. The van der Waals surface area contributed by atoms with Gasteiger partial charge in [-0.15, -0.1) is 0 Å². The summed E-state index contributed by atoms with van der Waals surface area (Å²) in [4.78, 5) is 27.3. The third kappa shape index (κ3) is 2.71. The van der Waals surface area contributed by atoms with Crippen LogP contribution in [0.15, 0.2) is 18.2 Å². The van der Waals surface area contributed by atoms with Gasteiger partial charge in [-0.2, -0.15) is 0 Å². The van der Waals surface area contributed by atoms with Crippen molar-refractivity contribution >= 4 is 34.5 Å². The van der Waals surface area contributed by atoms with Gasteiger partial charge in [0, 0.05) is 23.5 Å². The maximum atomic E-state index is 13.8.